The van der Waals surface area contributed by atoms with E-state index in [0.29, 0.717) is 6.42 Å². The molecule has 1 unspecified atom stereocenters. The van der Waals surface area contributed by atoms with Crippen molar-refractivity contribution in [3.8, 4) is 0 Å². The molecular formula is C14H22N2O. The molecule has 0 saturated carbocycles. The Kier molecular flexibility index (Phi) is 5.70. The van der Waals surface area contributed by atoms with E-state index in [4.69, 9.17) is 5.73 Å². The van der Waals surface area contributed by atoms with Crippen LogP contribution in [0.15, 0.2) is 24.3 Å². The number of rotatable bonds is 6. The van der Waals surface area contributed by atoms with Crippen LogP contribution >= 0.6 is 0 Å². The van der Waals surface area contributed by atoms with E-state index in [2.05, 4.69) is 12.2 Å². The predicted octanol–water partition coefficient (Wildman–Crippen LogP) is 3.23. The van der Waals surface area contributed by atoms with Gasteiger partial charge >= 0.3 is 0 Å². The molecule has 1 amide bonds. The maximum atomic E-state index is 11.6. The SMILES string of the molecule is CCCCCC(=O)Nc1cccc(C(C)N)c1. The van der Waals surface area contributed by atoms with Gasteiger partial charge in [0.1, 0.15) is 0 Å². The molecular weight excluding hydrogens is 212 g/mol. The molecule has 0 spiro atoms. The first-order valence-corrected chi connectivity index (χ1v) is 6.29. The lowest BCUT2D eigenvalue weighted by Gasteiger charge is -2.09. The van der Waals surface area contributed by atoms with E-state index in [-0.39, 0.29) is 11.9 Å². The number of carbonyl (C=O) groups excluding carboxylic acids is 1. The number of unbranched alkanes of at least 4 members (excludes halogenated alkanes) is 2. The lowest BCUT2D eigenvalue weighted by Crippen LogP contribution is -2.12. The molecule has 3 nitrogen and oxygen atoms in total. The Hall–Kier alpha value is -1.35. The zero-order valence-corrected chi connectivity index (χ0v) is 10.7. The molecule has 0 aromatic heterocycles. The van der Waals surface area contributed by atoms with Crippen LogP contribution in [0, 0.1) is 0 Å². The van der Waals surface area contributed by atoms with E-state index in [1.807, 2.05) is 31.2 Å². The number of carbonyl (C=O) groups is 1. The molecule has 0 aliphatic rings. The number of nitrogens with one attached hydrogen (secondary N) is 1. The fraction of sp³-hybridized carbons (Fsp3) is 0.500. The van der Waals surface area contributed by atoms with Crippen molar-refractivity contribution in [2.45, 2.75) is 45.6 Å². The Morgan fingerprint density at radius 1 is 1.41 bits per heavy atom. The summed E-state index contributed by atoms with van der Waals surface area (Å²) in [6.07, 6.45) is 3.78. The minimum absolute atomic E-state index is 0.00746. The molecule has 0 aliphatic carbocycles. The Labute approximate surface area is 103 Å². The van der Waals surface area contributed by atoms with Crippen LogP contribution in [0.3, 0.4) is 0 Å². The van der Waals surface area contributed by atoms with Crippen LogP contribution in [0.1, 0.15) is 51.1 Å². The summed E-state index contributed by atoms with van der Waals surface area (Å²) in [6.45, 7) is 4.06. The Morgan fingerprint density at radius 3 is 2.82 bits per heavy atom. The van der Waals surface area contributed by atoms with Crippen molar-refractivity contribution in [3.05, 3.63) is 29.8 Å². The topological polar surface area (TPSA) is 55.1 Å². The molecule has 1 aromatic carbocycles. The second-order valence-electron chi connectivity index (χ2n) is 4.42. The third-order valence-electron chi connectivity index (χ3n) is 2.70. The van der Waals surface area contributed by atoms with Gasteiger partial charge in [-0.25, -0.2) is 0 Å². The third kappa shape index (κ3) is 5.00. The quantitative estimate of drug-likeness (QED) is 0.742. The molecule has 0 radical (unpaired) electrons. The molecule has 0 bridgehead atoms. The molecule has 1 atom stereocenters. The predicted molar refractivity (Wildman–Crippen MR) is 71.8 cm³/mol. The van der Waals surface area contributed by atoms with Gasteiger partial charge in [0.15, 0.2) is 0 Å². The molecule has 3 N–H and O–H groups in total. The average molecular weight is 234 g/mol. The molecule has 0 aliphatic heterocycles. The summed E-state index contributed by atoms with van der Waals surface area (Å²) in [7, 11) is 0. The zero-order chi connectivity index (χ0) is 12.7. The van der Waals surface area contributed by atoms with Crippen molar-refractivity contribution >= 4 is 11.6 Å². The van der Waals surface area contributed by atoms with E-state index < -0.39 is 0 Å². The summed E-state index contributed by atoms with van der Waals surface area (Å²) in [5.74, 6) is 0.0836. The Morgan fingerprint density at radius 2 is 2.18 bits per heavy atom. The largest absolute Gasteiger partial charge is 0.326 e. The highest BCUT2D eigenvalue weighted by molar-refractivity contribution is 5.90. The van der Waals surface area contributed by atoms with Crippen LogP contribution in [0.25, 0.3) is 0 Å². The Balaban J connectivity index is 2.50. The van der Waals surface area contributed by atoms with Gasteiger partial charge in [-0.2, -0.15) is 0 Å². The lowest BCUT2D eigenvalue weighted by atomic mass is 10.1. The maximum absolute atomic E-state index is 11.6. The first-order valence-electron chi connectivity index (χ1n) is 6.29. The minimum atomic E-state index is -0.00746. The van der Waals surface area contributed by atoms with Crippen molar-refractivity contribution in [1.82, 2.24) is 0 Å². The van der Waals surface area contributed by atoms with Gasteiger partial charge in [0.2, 0.25) is 5.91 Å². The highest BCUT2D eigenvalue weighted by Crippen LogP contribution is 2.16. The molecule has 17 heavy (non-hydrogen) atoms. The molecule has 1 aromatic rings. The van der Waals surface area contributed by atoms with Crippen molar-refractivity contribution in [3.63, 3.8) is 0 Å². The van der Waals surface area contributed by atoms with Crippen LogP contribution in [0.4, 0.5) is 5.69 Å². The number of hydrogen-bond acceptors (Lipinski definition) is 2. The van der Waals surface area contributed by atoms with E-state index >= 15 is 0 Å². The lowest BCUT2D eigenvalue weighted by molar-refractivity contribution is -0.116. The van der Waals surface area contributed by atoms with Crippen LogP contribution in [-0.4, -0.2) is 5.91 Å². The van der Waals surface area contributed by atoms with Gasteiger partial charge in [0.25, 0.3) is 0 Å². The summed E-state index contributed by atoms with van der Waals surface area (Å²) < 4.78 is 0. The average Bonchev–Trinajstić information content (AvgIpc) is 2.29. The van der Waals surface area contributed by atoms with Gasteiger partial charge in [-0.3, -0.25) is 4.79 Å². The van der Waals surface area contributed by atoms with Gasteiger partial charge in [-0.05, 0) is 31.0 Å². The van der Waals surface area contributed by atoms with Crippen molar-refractivity contribution in [2.24, 2.45) is 5.73 Å². The summed E-state index contributed by atoms with van der Waals surface area (Å²) in [5, 5.41) is 2.90. The van der Waals surface area contributed by atoms with Crippen LogP contribution in [0.2, 0.25) is 0 Å². The Bertz CT molecular complexity index is 361. The standard InChI is InChI=1S/C14H22N2O/c1-3-4-5-9-14(17)16-13-8-6-7-12(10-13)11(2)15/h6-8,10-11H,3-5,9,15H2,1-2H3,(H,16,17). The van der Waals surface area contributed by atoms with Crippen molar-refractivity contribution in [1.29, 1.82) is 0 Å². The smallest absolute Gasteiger partial charge is 0.224 e. The summed E-state index contributed by atoms with van der Waals surface area (Å²) in [4.78, 5) is 11.6. The van der Waals surface area contributed by atoms with Crippen LogP contribution in [0.5, 0.6) is 0 Å². The number of anilines is 1. The third-order valence-corrected chi connectivity index (χ3v) is 2.70. The zero-order valence-electron chi connectivity index (χ0n) is 10.7. The molecule has 3 heteroatoms. The normalized spacial score (nSPS) is 12.2. The van der Waals surface area contributed by atoms with Gasteiger partial charge in [0.05, 0.1) is 0 Å². The van der Waals surface area contributed by atoms with E-state index in [9.17, 15) is 4.79 Å². The summed E-state index contributed by atoms with van der Waals surface area (Å²) in [6, 6.07) is 7.70. The number of hydrogen-bond donors (Lipinski definition) is 2. The molecule has 1 rings (SSSR count). The van der Waals surface area contributed by atoms with Crippen LogP contribution < -0.4 is 11.1 Å². The van der Waals surface area contributed by atoms with E-state index in [0.717, 1.165) is 30.5 Å². The molecule has 0 heterocycles. The highest BCUT2D eigenvalue weighted by atomic mass is 16.1. The second-order valence-corrected chi connectivity index (χ2v) is 4.42. The fourth-order valence-electron chi connectivity index (χ4n) is 1.66. The number of nitrogens with two attached hydrogens (primary N) is 1. The summed E-state index contributed by atoms with van der Waals surface area (Å²) >= 11 is 0. The fourth-order valence-corrected chi connectivity index (χ4v) is 1.66. The van der Waals surface area contributed by atoms with Gasteiger partial charge < -0.3 is 11.1 Å². The minimum Gasteiger partial charge on any atom is -0.326 e. The van der Waals surface area contributed by atoms with Crippen molar-refractivity contribution in [2.75, 3.05) is 5.32 Å². The summed E-state index contributed by atoms with van der Waals surface area (Å²) in [5.41, 5.74) is 7.67. The second kappa shape index (κ2) is 7.07. The first-order chi connectivity index (χ1) is 8.13. The van der Waals surface area contributed by atoms with E-state index in [1.54, 1.807) is 0 Å². The first kappa shape index (κ1) is 13.7. The maximum Gasteiger partial charge on any atom is 0.224 e. The molecule has 0 fully saturated rings. The molecule has 94 valence electrons. The van der Waals surface area contributed by atoms with Crippen molar-refractivity contribution < 1.29 is 4.79 Å². The monoisotopic (exact) mass is 234 g/mol. The highest BCUT2D eigenvalue weighted by Gasteiger charge is 2.04. The van der Waals surface area contributed by atoms with Gasteiger partial charge in [0, 0.05) is 18.2 Å². The van der Waals surface area contributed by atoms with Crippen LogP contribution in [-0.2, 0) is 4.79 Å². The number of benzene rings is 1. The van der Waals surface area contributed by atoms with Gasteiger partial charge in [-0.15, -0.1) is 0 Å². The van der Waals surface area contributed by atoms with Gasteiger partial charge in [-0.1, -0.05) is 31.9 Å². The number of amides is 1. The van der Waals surface area contributed by atoms with E-state index in [1.165, 1.54) is 0 Å². The molecule has 0 saturated heterocycles.